The number of hydrogen-bond acceptors (Lipinski definition) is 5. The summed E-state index contributed by atoms with van der Waals surface area (Å²) < 4.78 is 13.6. The molecule has 7 nitrogen and oxygen atoms in total. The van der Waals surface area contributed by atoms with E-state index >= 15 is 0 Å². The fourth-order valence-corrected chi connectivity index (χ4v) is 2.59. The lowest BCUT2D eigenvalue weighted by Crippen LogP contribution is -2.14. The van der Waals surface area contributed by atoms with E-state index in [9.17, 15) is 5.11 Å². The van der Waals surface area contributed by atoms with E-state index in [0.717, 1.165) is 0 Å². The van der Waals surface area contributed by atoms with Crippen LogP contribution >= 0.6 is 11.6 Å². The molecule has 0 aliphatic heterocycles. The van der Waals surface area contributed by atoms with Gasteiger partial charge in [-0.25, -0.2) is 4.68 Å². The minimum Gasteiger partial charge on any atom is -0.481 e. The molecule has 2 aromatic rings. The normalized spacial score (nSPS) is 12.7. The number of nitrogens with zero attached hydrogens (tertiary/aromatic N) is 4. The Morgan fingerprint density at radius 2 is 2.14 bits per heavy atom. The molecule has 0 aromatic carbocycles. The van der Waals surface area contributed by atoms with Gasteiger partial charge in [-0.3, -0.25) is 4.68 Å². The largest absolute Gasteiger partial charge is 0.481 e. The van der Waals surface area contributed by atoms with Crippen molar-refractivity contribution in [2.24, 2.45) is 7.05 Å². The van der Waals surface area contributed by atoms with Gasteiger partial charge in [0.25, 0.3) is 0 Å². The summed E-state index contributed by atoms with van der Waals surface area (Å²) in [4.78, 5) is 0. The van der Waals surface area contributed by atoms with Crippen LogP contribution in [0.25, 0.3) is 0 Å². The highest BCUT2D eigenvalue weighted by atomic mass is 35.5. The van der Waals surface area contributed by atoms with E-state index in [-0.39, 0.29) is 0 Å². The highest BCUT2D eigenvalue weighted by molar-refractivity contribution is 6.31. The summed E-state index contributed by atoms with van der Waals surface area (Å²) in [5, 5.41) is 19.6. The summed E-state index contributed by atoms with van der Waals surface area (Å²) in [6, 6.07) is 0. The molecule has 2 rings (SSSR count). The van der Waals surface area contributed by atoms with Crippen LogP contribution in [0.2, 0.25) is 5.02 Å². The molecule has 1 atom stereocenters. The molecule has 0 saturated carbocycles. The van der Waals surface area contributed by atoms with E-state index in [1.165, 1.54) is 13.3 Å². The minimum atomic E-state index is -0.972. The highest BCUT2D eigenvalue weighted by Gasteiger charge is 2.27. The van der Waals surface area contributed by atoms with E-state index in [2.05, 4.69) is 10.2 Å². The number of halogens is 1. The number of aromatic nitrogens is 4. The van der Waals surface area contributed by atoms with Crippen molar-refractivity contribution < 1.29 is 14.6 Å². The number of hydrogen-bond donors (Lipinski definition) is 1. The fraction of sp³-hybridized carbons (Fsp3) is 0.538. The number of rotatable bonds is 6. The molecule has 2 aromatic heterocycles. The third-order valence-electron chi connectivity index (χ3n) is 3.28. The van der Waals surface area contributed by atoms with Crippen molar-refractivity contribution in [2.45, 2.75) is 19.6 Å². The molecule has 0 bridgehead atoms. The van der Waals surface area contributed by atoms with Gasteiger partial charge in [0.05, 0.1) is 48.4 Å². The Morgan fingerprint density at radius 3 is 2.76 bits per heavy atom. The second-order valence-electron chi connectivity index (χ2n) is 4.63. The van der Waals surface area contributed by atoms with Crippen molar-refractivity contribution in [3.8, 4) is 5.88 Å². The lowest BCUT2D eigenvalue weighted by Gasteiger charge is -2.15. The molecular formula is C13H19ClN4O3. The molecule has 0 spiro atoms. The van der Waals surface area contributed by atoms with Crippen molar-refractivity contribution in [2.75, 3.05) is 20.8 Å². The zero-order valence-electron chi connectivity index (χ0n) is 12.5. The Labute approximate surface area is 128 Å². The smallest absolute Gasteiger partial charge is 0.217 e. The number of methoxy groups -OCH3 is 2. The van der Waals surface area contributed by atoms with E-state index in [1.54, 1.807) is 23.5 Å². The molecule has 8 heteroatoms. The Morgan fingerprint density at radius 1 is 1.43 bits per heavy atom. The van der Waals surface area contributed by atoms with Crippen LogP contribution in [0, 0.1) is 6.92 Å². The van der Waals surface area contributed by atoms with Gasteiger partial charge in [-0.2, -0.15) is 10.2 Å². The summed E-state index contributed by atoms with van der Waals surface area (Å²) in [5.74, 6) is 0.496. The van der Waals surface area contributed by atoms with E-state index in [0.29, 0.717) is 41.0 Å². The van der Waals surface area contributed by atoms with Crippen molar-refractivity contribution in [3.63, 3.8) is 0 Å². The first-order valence-electron chi connectivity index (χ1n) is 6.46. The SMILES string of the molecule is COCCn1ncc(Cl)c1C(O)c1c(C)nn(C)c1OC. The van der Waals surface area contributed by atoms with E-state index < -0.39 is 6.10 Å². The van der Waals surface area contributed by atoms with Crippen LogP contribution in [0.1, 0.15) is 23.1 Å². The van der Waals surface area contributed by atoms with Crippen LogP contribution in [0.5, 0.6) is 5.88 Å². The van der Waals surface area contributed by atoms with Crippen molar-refractivity contribution in [1.29, 1.82) is 0 Å². The Bertz CT molecular complexity index is 623. The first kappa shape index (κ1) is 15.8. The Hall–Kier alpha value is -1.57. The zero-order valence-corrected chi connectivity index (χ0v) is 13.3. The van der Waals surface area contributed by atoms with Crippen LogP contribution in [-0.4, -0.2) is 45.5 Å². The predicted octanol–water partition coefficient (Wildman–Crippen LogP) is 1.32. The molecule has 0 radical (unpaired) electrons. The maximum atomic E-state index is 10.7. The summed E-state index contributed by atoms with van der Waals surface area (Å²) in [5.41, 5.74) is 1.77. The van der Waals surface area contributed by atoms with Gasteiger partial charge in [-0.1, -0.05) is 11.6 Å². The van der Waals surface area contributed by atoms with Crippen LogP contribution in [0.3, 0.4) is 0 Å². The topological polar surface area (TPSA) is 74.3 Å². The molecule has 0 aliphatic rings. The van der Waals surface area contributed by atoms with Crippen molar-refractivity contribution >= 4 is 11.6 Å². The van der Waals surface area contributed by atoms with Crippen LogP contribution in [-0.2, 0) is 18.3 Å². The molecule has 2 heterocycles. The fourth-order valence-electron chi connectivity index (χ4n) is 2.35. The summed E-state index contributed by atoms with van der Waals surface area (Å²) in [6.07, 6.45) is 0.536. The van der Waals surface area contributed by atoms with Gasteiger partial charge in [-0.15, -0.1) is 0 Å². The highest BCUT2D eigenvalue weighted by Crippen LogP contribution is 2.35. The zero-order chi connectivity index (χ0) is 15.6. The molecule has 1 unspecified atom stereocenters. The Kier molecular flexibility index (Phi) is 4.87. The average Bonchev–Trinajstić information content (AvgIpc) is 2.95. The molecule has 0 saturated heterocycles. The van der Waals surface area contributed by atoms with Crippen molar-refractivity contribution in [3.05, 3.63) is 28.2 Å². The summed E-state index contributed by atoms with van der Waals surface area (Å²) >= 11 is 6.17. The van der Waals surface area contributed by atoms with Gasteiger partial charge >= 0.3 is 0 Å². The first-order chi connectivity index (χ1) is 10.0. The number of aryl methyl sites for hydroxylation is 2. The van der Waals surface area contributed by atoms with Crippen LogP contribution in [0.15, 0.2) is 6.20 Å². The molecule has 0 fully saturated rings. The minimum absolute atomic E-state index is 0.393. The third kappa shape index (κ3) is 2.90. The molecule has 116 valence electrons. The monoisotopic (exact) mass is 314 g/mol. The van der Waals surface area contributed by atoms with Gasteiger partial charge in [0, 0.05) is 14.2 Å². The van der Waals surface area contributed by atoms with Gasteiger partial charge in [0.1, 0.15) is 6.10 Å². The number of aliphatic hydroxyl groups is 1. The van der Waals surface area contributed by atoms with Crippen molar-refractivity contribution in [1.82, 2.24) is 19.6 Å². The van der Waals surface area contributed by atoms with Gasteiger partial charge in [0.15, 0.2) is 0 Å². The van der Waals surface area contributed by atoms with Crippen LogP contribution < -0.4 is 4.74 Å². The second-order valence-corrected chi connectivity index (χ2v) is 5.04. The van der Waals surface area contributed by atoms with E-state index in [1.807, 2.05) is 6.92 Å². The van der Waals surface area contributed by atoms with Gasteiger partial charge < -0.3 is 14.6 Å². The molecule has 0 amide bonds. The first-order valence-corrected chi connectivity index (χ1v) is 6.84. The number of ether oxygens (including phenoxy) is 2. The van der Waals surface area contributed by atoms with Crippen LogP contribution in [0.4, 0.5) is 0 Å². The standard InChI is InChI=1S/C13H19ClN4O3/c1-8-10(13(21-4)17(2)16-8)12(19)11-9(14)7-15-18(11)5-6-20-3/h7,12,19H,5-6H2,1-4H3. The average molecular weight is 315 g/mol. The Balaban J connectivity index is 2.45. The van der Waals surface area contributed by atoms with Gasteiger partial charge in [0.2, 0.25) is 5.88 Å². The van der Waals surface area contributed by atoms with Gasteiger partial charge in [-0.05, 0) is 6.92 Å². The summed E-state index contributed by atoms with van der Waals surface area (Å²) in [6.45, 7) is 2.78. The maximum Gasteiger partial charge on any atom is 0.217 e. The second kappa shape index (κ2) is 6.46. The maximum absolute atomic E-state index is 10.7. The third-order valence-corrected chi connectivity index (χ3v) is 3.57. The molecule has 0 aliphatic carbocycles. The lowest BCUT2D eigenvalue weighted by molar-refractivity contribution is 0.170. The number of aliphatic hydroxyl groups excluding tert-OH is 1. The quantitative estimate of drug-likeness (QED) is 0.870. The molecular weight excluding hydrogens is 296 g/mol. The van der Waals surface area contributed by atoms with E-state index in [4.69, 9.17) is 21.1 Å². The molecule has 1 N–H and O–H groups in total. The lowest BCUT2D eigenvalue weighted by atomic mass is 10.1. The predicted molar refractivity (Wildman–Crippen MR) is 77.7 cm³/mol. The summed E-state index contributed by atoms with van der Waals surface area (Å²) in [7, 11) is 4.90. The molecule has 21 heavy (non-hydrogen) atoms.